The zero-order valence-electron chi connectivity index (χ0n) is 12.6. The zero-order valence-corrected chi connectivity index (χ0v) is 14.2. The van der Waals surface area contributed by atoms with Gasteiger partial charge in [0.15, 0.2) is 0 Å². The van der Waals surface area contributed by atoms with Crippen LogP contribution in [0.25, 0.3) is 0 Å². The first-order chi connectivity index (χ1) is 9.74. The number of anilines is 1. The Balaban J connectivity index is 2.56. The molecule has 0 unspecified atom stereocenters. The molecule has 1 aromatic rings. The van der Waals surface area contributed by atoms with Crippen molar-refractivity contribution in [3.63, 3.8) is 0 Å². The highest BCUT2D eigenvalue weighted by Crippen LogP contribution is 2.26. The third-order valence-electron chi connectivity index (χ3n) is 2.90. The van der Waals surface area contributed by atoms with Crippen molar-refractivity contribution < 1.29 is 13.2 Å². The molecular formula is C14H23ClN2O3S. The van der Waals surface area contributed by atoms with E-state index in [4.69, 9.17) is 22.1 Å². The predicted octanol–water partition coefficient (Wildman–Crippen LogP) is 2.71. The van der Waals surface area contributed by atoms with Crippen LogP contribution in [-0.4, -0.2) is 27.7 Å². The normalized spacial score (nSPS) is 12.0. The van der Waals surface area contributed by atoms with Crippen LogP contribution in [0.1, 0.15) is 32.3 Å². The Labute approximate surface area is 131 Å². The van der Waals surface area contributed by atoms with E-state index in [1.807, 2.05) is 13.8 Å². The Morgan fingerprint density at radius 1 is 1.33 bits per heavy atom. The van der Waals surface area contributed by atoms with Gasteiger partial charge in [0.25, 0.3) is 0 Å². The summed E-state index contributed by atoms with van der Waals surface area (Å²) < 4.78 is 32.4. The highest BCUT2D eigenvalue weighted by molar-refractivity contribution is 7.89. The molecule has 0 fully saturated rings. The van der Waals surface area contributed by atoms with Crippen LogP contribution in [-0.2, 0) is 14.8 Å². The average molecular weight is 335 g/mol. The van der Waals surface area contributed by atoms with Crippen LogP contribution in [0, 0.1) is 6.92 Å². The number of nitrogen functional groups attached to an aromatic ring is 1. The topological polar surface area (TPSA) is 81.4 Å². The van der Waals surface area contributed by atoms with Crippen LogP contribution in [0.5, 0.6) is 0 Å². The minimum Gasteiger partial charge on any atom is -0.397 e. The first-order valence-electron chi connectivity index (χ1n) is 6.91. The lowest BCUT2D eigenvalue weighted by Crippen LogP contribution is -2.26. The molecule has 0 aliphatic carbocycles. The number of halogens is 1. The van der Waals surface area contributed by atoms with Crippen LogP contribution < -0.4 is 10.5 Å². The highest BCUT2D eigenvalue weighted by Gasteiger charge is 2.17. The summed E-state index contributed by atoms with van der Waals surface area (Å²) in [6, 6.07) is 2.95. The van der Waals surface area contributed by atoms with Crippen molar-refractivity contribution in [1.82, 2.24) is 4.72 Å². The molecule has 0 aliphatic rings. The van der Waals surface area contributed by atoms with Gasteiger partial charge in [0, 0.05) is 13.2 Å². The van der Waals surface area contributed by atoms with Crippen molar-refractivity contribution in [3.8, 4) is 0 Å². The number of rotatable bonds is 8. The molecule has 5 nitrogen and oxygen atoms in total. The number of nitrogens with two attached hydrogens (primary N) is 1. The van der Waals surface area contributed by atoms with Crippen molar-refractivity contribution in [3.05, 3.63) is 22.7 Å². The maximum Gasteiger partial charge on any atom is 0.240 e. The number of unbranched alkanes of at least 4 members (excludes halogenated alkanes) is 1. The Kier molecular flexibility index (Phi) is 6.93. The summed E-state index contributed by atoms with van der Waals surface area (Å²) in [5.74, 6) is 0. The summed E-state index contributed by atoms with van der Waals surface area (Å²) in [6.45, 7) is 6.63. The molecule has 0 aliphatic heterocycles. The zero-order chi connectivity index (χ0) is 16.0. The number of hydrogen-bond acceptors (Lipinski definition) is 4. The van der Waals surface area contributed by atoms with Crippen LogP contribution >= 0.6 is 11.6 Å². The summed E-state index contributed by atoms with van der Waals surface area (Å²) in [5, 5.41) is 0.359. The molecule has 0 spiro atoms. The van der Waals surface area contributed by atoms with E-state index in [2.05, 4.69) is 4.72 Å². The van der Waals surface area contributed by atoms with E-state index in [9.17, 15) is 8.42 Å². The van der Waals surface area contributed by atoms with Crippen LogP contribution in [0.3, 0.4) is 0 Å². The third-order valence-corrected chi connectivity index (χ3v) is 4.83. The van der Waals surface area contributed by atoms with Crippen molar-refractivity contribution >= 4 is 27.3 Å². The molecule has 7 heteroatoms. The minimum absolute atomic E-state index is 0.169. The summed E-state index contributed by atoms with van der Waals surface area (Å²) in [7, 11) is -3.56. The Morgan fingerprint density at radius 3 is 2.62 bits per heavy atom. The average Bonchev–Trinajstić information content (AvgIpc) is 2.37. The van der Waals surface area contributed by atoms with E-state index in [1.54, 1.807) is 13.0 Å². The standard InChI is InChI=1S/C14H23ClN2O3S/c1-10(2)20-7-5-4-6-17-21(18,19)14-9-13(16)12(15)8-11(14)3/h8-10,17H,4-7,16H2,1-3H3. The lowest BCUT2D eigenvalue weighted by Gasteiger charge is -2.11. The molecule has 1 rings (SSSR count). The lowest BCUT2D eigenvalue weighted by atomic mass is 10.2. The van der Waals surface area contributed by atoms with Gasteiger partial charge in [0.05, 0.1) is 21.7 Å². The number of aryl methyl sites for hydroxylation is 1. The third kappa shape index (κ3) is 5.82. The molecular weight excluding hydrogens is 312 g/mol. The fourth-order valence-electron chi connectivity index (χ4n) is 1.79. The van der Waals surface area contributed by atoms with Gasteiger partial charge in [-0.25, -0.2) is 13.1 Å². The number of sulfonamides is 1. The van der Waals surface area contributed by atoms with Gasteiger partial charge in [-0.2, -0.15) is 0 Å². The molecule has 0 saturated carbocycles. The quantitative estimate of drug-likeness (QED) is 0.565. The minimum atomic E-state index is -3.56. The largest absolute Gasteiger partial charge is 0.397 e. The Hall–Kier alpha value is -0.820. The molecule has 0 saturated heterocycles. The van der Waals surface area contributed by atoms with E-state index in [0.29, 0.717) is 30.2 Å². The monoisotopic (exact) mass is 334 g/mol. The summed E-state index contributed by atoms with van der Waals surface area (Å²) >= 11 is 5.87. The first-order valence-corrected chi connectivity index (χ1v) is 8.77. The van der Waals surface area contributed by atoms with Gasteiger partial charge in [-0.1, -0.05) is 11.6 Å². The van der Waals surface area contributed by atoms with Gasteiger partial charge in [-0.3, -0.25) is 0 Å². The number of benzene rings is 1. The fourth-order valence-corrected chi connectivity index (χ4v) is 3.34. The molecule has 0 amide bonds. The van der Waals surface area contributed by atoms with Gasteiger partial charge in [-0.05, 0) is 51.3 Å². The smallest absolute Gasteiger partial charge is 0.240 e. The molecule has 1 aromatic carbocycles. The molecule has 120 valence electrons. The predicted molar refractivity (Wildman–Crippen MR) is 86.1 cm³/mol. The molecule has 3 N–H and O–H groups in total. The van der Waals surface area contributed by atoms with Gasteiger partial charge in [0.1, 0.15) is 0 Å². The van der Waals surface area contributed by atoms with Crippen molar-refractivity contribution in [2.24, 2.45) is 0 Å². The summed E-state index contributed by atoms with van der Waals surface area (Å²) in [5.41, 5.74) is 6.50. The van der Waals surface area contributed by atoms with E-state index >= 15 is 0 Å². The van der Waals surface area contributed by atoms with Gasteiger partial charge < -0.3 is 10.5 Å². The maximum absolute atomic E-state index is 12.2. The molecule has 0 atom stereocenters. The molecule has 0 radical (unpaired) electrons. The SMILES string of the molecule is Cc1cc(Cl)c(N)cc1S(=O)(=O)NCCCCOC(C)C. The second-order valence-corrected chi connectivity index (χ2v) is 7.31. The van der Waals surface area contributed by atoms with Gasteiger partial charge in [0.2, 0.25) is 10.0 Å². The number of ether oxygens (including phenoxy) is 1. The number of hydrogen-bond donors (Lipinski definition) is 2. The van der Waals surface area contributed by atoms with Crippen LogP contribution in [0.2, 0.25) is 5.02 Å². The van der Waals surface area contributed by atoms with Crippen molar-refractivity contribution in [2.45, 2.75) is 44.6 Å². The molecule has 0 heterocycles. The van der Waals surface area contributed by atoms with E-state index in [0.717, 1.165) is 6.42 Å². The second kappa shape index (κ2) is 7.98. The molecule has 0 aromatic heterocycles. The van der Waals surface area contributed by atoms with Gasteiger partial charge >= 0.3 is 0 Å². The van der Waals surface area contributed by atoms with E-state index < -0.39 is 10.0 Å². The first kappa shape index (κ1) is 18.2. The Morgan fingerprint density at radius 2 is 2.00 bits per heavy atom. The Bertz CT molecular complexity index is 574. The van der Waals surface area contributed by atoms with Crippen LogP contribution in [0.15, 0.2) is 17.0 Å². The molecule has 0 bridgehead atoms. The number of nitrogens with one attached hydrogen (secondary N) is 1. The van der Waals surface area contributed by atoms with Crippen LogP contribution in [0.4, 0.5) is 5.69 Å². The van der Waals surface area contributed by atoms with E-state index in [-0.39, 0.29) is 16.7 Å². The second-order valence-electron chi connectivity index (χ2n) is 5.16. The van der Waals surface area contributed by atoms with E-state index in [1.165, 1.54) is 6.07 Å². The summed E-state index contributed by atoms with van der Waals surface area (Å²) in [6.07, 6.45) is 1.72. The van der Waals surface area contributed by atoms with Crippen molar-refractivity contribution in [1.29, 1.82) is 0 Å². The maximum atomic E-state index is 12.2. The lowest BCUT2D eigenvalue weighted by molar-refractivity contribution is 0.0762. The van der Waals surface area contributed by atoms with Crippen molar-refractivity contribution in [2.75, 3.05) is 18.9 Å². The highest BCUT2D eigenvalue weighted by atomic mass is 35.5. The fraction of sp³-hybridized carbons (Fsp3) is 0.571. The summed E-state index contributed by atoms with van der Waals surface area (Å²) in [4.78, 5) is 0.169. The van der Waals surface area contributed by atoms with Gasteiger partial charge in [-0.15, -0.1) is 0 Å². The molecule has 21 heavy (non-hydrogen) atoms.